The van der Waals surface area contributed by atoms with Gasteiger partial charge in [-0.2, -0.15) is 17.5 Å². The first-order valence-corrected chi connectivity index (χ1v) is 13.6. The van der Waals surface area contributed by atoms with Crippen molar-refractivity contribution in [3.05, 3.63) is 59.1 Å². The van der Waals surface area contributed by atoms with Crippen molar-refractivity contribution in [3.63, 3.8) is 0 Å². The van der Waals surface area contributed by atoms with Crippen LogP contribution in [0, 0.1) is 5.92 Å². The highest BCUT2D eigenvalue weighted by molar-refractivity contribution is 7.89. The third-order valence-corrected chi connectivity index (χ3v) is 8.27. The van der Waals surface area contributed by atoms with E-state index in [1.165, 1.54) is 5.56 Å². The van der Waals surface area contributed by atoms with E-state index < -0.39 is 22.2 Å². The lowest BCUT2D eigenvalue weighted by molar-refractivity contribution is -0.192. The normalized spacial score (nSPS) is 21.9. The van der Waals surface area contributed by atoms with Crippen LogP contribution in [0.25, 0.3) is 0 Å². The van der Waals surface area contributed by atoms with Gasteiger partial charge >= 0.3 is 12.1 Å². The second-order valence-corrected chi connectivity index (χ2v) is 11.7. The van der Waals surface area contributed by atoms with E-state index in [0.717, 1.165) is 37.5 Å². The van der Waals surface area contributed by atoms with Crippen LogP contribution in [0.3, 0.4) is 0 Å². The molecule has 2 heterocycles. The van der Waals surface area contributed by atoms with Crippen molar-refractivity contribution in [2.75, 3.05) is 19.6 Å². The molecule has 1 saturated heterocycles. The molecule has 0 saturated carbocycles. The van der Waals surface area contributed by atoms with E-state index >= 15 is 0 Å². The van der Waals surface area contributed by atoms with E-state index in [1.807, 2.05) is 30.3 Å². The summed E-state index contributed by atoms with van der Waals surface area (Å²) >= 11 is 6.01. The van der Waals surface area contributed by atoms with Gasteiger partial charge < -0.3 is 9.84 Å². The fourth-order valence-corrected chi connectivity index (χ4v) is 6.50. The molecule has 0 radical (unpaired) electrons. The number of carbonyl (C=O) groups is 1. The molecule has 2 aromatic carbocycles. The average molecular weight is 563 g/mol. The lowest BCUT2D eigenvalue weighted by Gasteiger charge is -2.32. The number of nitrogens with zero attached hydrogens (tertiary/aromatic N) is 2. The van der Waals surface area contributed by atoms with Gasteiger partial charge in [0.15, 0.2) is 0 Å². The number of ether oxygens (including phenoxy) is 1. The molecule has 0 unspecified atom stereocenters. The van der Waals surface area contributed by atoms with Crippen molar-refractivity contribution < 1.29 is 36.2 Å². The summed E-state index contributed by atoms with van der Waals surface area (Å²) in [5, 5.41) is 7.86. The Kier molecular flexibility index (Phi) is 9.49. The molecule has 2 atom stereocenters. The molecule has 0 bridgehead atoms. The van der Waals surface area contributed by atoms with Crippen LogP contribution in [-0.2, 0) is 21.4 Å². The largest absolute Gasteiger partial charge is 0.490 e. The van der Waals surface area contributed by atoms with Gasteiger partial charge in [0.2, 0.25) is 10.0 Å². The molecule has 7 nitrogen and oxygen atoms in total. The van der Waals surface area contributed by atoms with Gasteiger partial charge in [0.05, 0.1) is 6.04 Å². The van der Waals surface area contributed by atoms with Crippen molar-refractivity contribution >= 4 is 27.6 Å². The highest BCUT2D eigenvalue weighted by Crippen LogP contribution is 2.37. The van der Waals surface area contributed by atoms with E-state index in [2.05, 4.69) is 18.7 Å². The number of alkyl halides is 3. The van der Waals surface area contributed by atoms with E-state index in [9.17, 15) is 21.6 Å². The minimum atomic E-state index is -5.08. The summed E-state index contributed by atoms with van der Waals surface area (Å²) in [4.78, 5) is 11.6. The Morgan fingerprint density at radius 3 is 2.30 bits per heavy atom. The van der Waals surface area contributed by atoms with E-state index in [-0.39, 0.29) is 23.0 Å². The van der Waals surface area contributed by atoms with Gasteiger partial charge in [-0.3, -0.25) is 4.90 Å². The number of likely N-dealkylation sites (tertiary alicyclic amines) is 1. The van der Waals surface area contributed by atoms with Crippen LogP contribution in [-0.4, -0.2) is 66.7 Å². The minimum Gasteiger partial charge on any atom is -0.487 e. The maximum atomic E-state index is 13.6. The van der Waals surface area contributed by atoms with Gasteiger partial charge in [-0.15, -0.1) is 0 Å². The van der Waals surface area contributed by atoms with E-state index in [1.54, 1.807) is 22.5 Å². The van der Waals surface area contributed by atoms with Crippen LogP contribution < -0.4 is 4.74 Å². The van der Waals surface area contributed by atoms with Gasteiger partial charge in [-0.25, -0.2) is 13.2 Å². The Morgan fingerprint density at radius 1 is 1.11 bits per heavy atom. The predicted molar refractivity (Wildman–Crippen MR) is 133 cm³/mol. The molecule has 0 amide bonds. The highest BCUT2D eigenvalue weighted by Gasteiger charge is 2.43. The molecule has 12 heteroatoms. The summed E-state index contributed by atoms with van der Waals surface area (Å²) in [5.74, 6) is -2.04. The minimum absolute atomic E-state index is 0.155. The molecule has 4 rings (SSSR count). The SMILES string of the molecule is CC(C)CN1[C@H]2CCN(Cc3ccc(Cl)cc3)CC[C@@H]2Oc2ccccc2S1(=O)=O.O=C(O)C(F)(F)F. The van der Waals surface area contributed by atoms with Gasteiger partial charge in [-0.05, 0) is 48.6 Å². The third-order valence-electron chi connectivity index (χ3n) is 6.09. The molecule has 204 valence electrons. The second-order valence-electron chi connectivity index (χ2n) is 9.42. The molecular weight excluding hydrogens is 533 g/mol. The summed E-state index contributed by atoms with van der Waals surface area (Å²) in [6.07, 6.45) is -3.70. The van der Waals surface area contributed by atoms with Crippen LogP contribution in [0.4, 0.5) is 13.2 Å². The summed E-state index contributed by atoms with van der Waals surface area (Å²) in [5.41, 5.74) is 1.21. The summed E-state index contributed by atoms with van der Waals surface area (Å²) in [6.45, 7) is 7.13. The molecule has 37 heavy (non-hydrogen) atoms. The zero-order valence-electron chi connectivity index (χ0n) is 20.5. The van der Waals surface area contributed by atoms with Crippen molar-refractivity contribution in [2.24, 2.45) is 5.92 Å². The number of hydrogen-bond donors (Lipinski definition) is 1. The second kappa shape index (κ2) is 12.0. The highest BCUT2D eigenvalue weighted by atomic mass is 35.5. The first kappa shape index (κ1) is 29.2. The topological polar surface area (TPSA) is 87.2 Å². The van der Waals surface area contributed by atoms with Crippen LogP contribution in [0.1, 0.15) is 32.3 Å². The molecule has 1 N–H and O–H groups in total. The molecule has 0 aliphatic carbocycles. The van der Waals surface area contributed by atoms with E-state index in [0.29, 0.717) is 12.3 Å². The first-order chi connectivity index (χ1) is 17.3. The molecule has 2 aromatic rings. The zero-order valence-corrected chi connectivity index (χ0v) is 22.1. The Bertz CT molecular complexity index is 1180. The lowest BCUT2D eigenvalue weighted by Crippen LogP contribution is -2.48. The Morgan fingerprint density at radius 2 is 1.70 bits per heavy atom. The first-order valence-electron chi connectivity index (χ1n) is 11.8. The smallest absolute Gasteiger partial charge is 0.487 e. The number of hydrogen-bond acceptors (Lipinski definition) is 5. The monoisotopic (exact) mass is 562 g/mol. The summed E-state index contributed by atoms with van der Waals surface area (Å²) in [7, 11) is -3.61. The van der Waals surface area contributed by atoms with Crippen molar-refractivity contribution in [1.29, 1.82) is 0 Å². The average Bonchev–Trinajstić information content (AvgIpc) is 3.05. The number of rotatable bonds is 4. The molecule has 2 aliphatic rings. The number of aliphatic carboxylic acids is 1. The lowest BCUT2D eigenvalue weighted by atomic mass is 10.0. The number of carboxylic acids is 1. The van der Waals surface area contributed by atoms with Gasteiger partial charge in [0, 0.05) is 31.2 Å². The number of carboxylic acid groups (broad SMARTS) is 1. The summed E-state index contributed by atoms with van der Waals surface area (Å²) < 4.78 is 66.9. The number of para-hydroxylation sites is 1. The third kappa shape index (κ3) is 7.59. The van der Waals surface area contributed by atoms with Crippen LogP contribution in [0.15, 0.2) is 53.4 Å². The van der Waals surface area contributed by atoms with E-state index in [4.69, 9.17) is 26.2 Å². The number of fused-ring (bicyclic) bond motifs is 2. The molecule has 1 fully saturated rings. The quantitative estimate of drug-likeness (QED) is 0.561. The fourth-order valence-electron chi connectivity index (χ4n) is 4.41. The van der Waals surface area contributed by atoms with Gasteiger partial charge in [0.1, 0.15) is 16.7 Å². The standard InChI is InChI=1S/C23H29ClN2O3S.C2HF3O2/c1-17(2)15-26-20-11-13-25(16-18-7-9-19(24)10-8-18)14-12-21(20)29-22-5-3-4-6-23(22)30(26,27)28;3-2(4,5)1(6)7/h3-10,17,20-21H,11-16H2,1-2H3;(H,6,7)/t20-,21-;/m0./s1. The maximum absolute atomic E-state index is 13.6. The van der Waals surface area contributed by atoms with Crippen molar-refractivity contribution in [1.82, 2.24) is 9.21 Å². The molecule has 0 spiro atoms. The molecular formula is C25H30ClF3N2O5S. The van der Waals surface area contributed by atoms with Crippen molar-refractivity contribution in [2.45, 2.75) is 56.5 Å². The van der Waals surface area contributed by atoms with Crippen LogP contribution in [0.5, 0.6) is 5.75 Å². The fraction of sp³-hybridized carbons (Fsp3) is 0.480. The summed E-state index contributed by atoms with van der Waals surface area (Å²) in [6, 6.07) is 14.8. The van der Waals surface area contributed by atoms with Gasteiger partial charge in [0.25, 0.3) is 0 Å². The Hall–Kier alpha value is -2.34. The van der Waals surface area contributed by atoms with Gasteiger partial charge in [-0.1, -0.05) is 49.7 Å². The number of sulfonamides is 1. The number of halogens is 4. The number of benzene rings is 2. The molecule has 2 aliphatic heterocycles. The van der Waals surface area contributed by atoms with Crippen molar-refractivity contribution in [3.8, 4) is 5.75 Å². The zero-order chi connectivity index (χ0) is 27.4. The van der Waals surface area contributed by atoms with Crippen LogP contribution in [0.2, 0.25) is 5.02 Å². The maximum Gasteiger partial charge on any atom is 0.490 e. The Balaban J connectivity index is 0.000000479. The molecule has 0 aromatic heterocycles. The predicted octanol–water partition coefficient (Wildman–Crippen LogP) is 5.05. The Labute approximate surface area is 219 Å². The van der Waals surface area contributed by atoms with Crippen LogP contribution >= 0.6 is 11.6 Å².